The Morgan fingerprint density at radius 1 is 0.829 bits per heavy atom. The largest absolute Gasteiger partial charge is 0.493 e. The second-order valence-corrected chi connectivity index (χ2v) is 12.9. The summed E-state index contributed by atoms with van der Waals surface area (Å²) in [4.78, 5) is 16.3. The highest BCUT2D eigenvalue weighted by Crippen LogP contribution is 2.26. The summed E-state index contributed by atoms with van der Waals surface area (Å²) in [5.41, 5.74) is 4.02. The quantitative estimate of drug-likeness (QED) is 0.185. The van der Waals surface area contributed by atoms with Crippen LogP contribution in [0.4, 0.5) is 0 Å². The topological polar surface area (TPSA) is 85.8 Å². The smallest absolute Gasteiger partial charge is 0.338 e. The molecule has 7 nitrogen and oxygen atoms in total. The maximum atomic E-state index is 13.8. The van der Waals surface area contributed by atoms with Crippen molar-refractivity contribution in [2.45, 2.75) is 45.7 Å². The lowest BCUT2D eigenvalue weighted by molar-refractivity contribution is 0.0526. The van der Waals surface area contributed by atoms with E-state index in [1.54, 1.807) is 61.8 Å². The fourth-order valence-corrected chi connectivity index (χ4v) is 5.51. The van der Waals surface area contributed by atoms with Gasteiger partial charge in [0.1, 0.15) is 5.75 Å². The van der Waals surface area contributed by atoms with E-state index in [2.05, 4.69) is 25.8 Å². The minimum atomic E-state index is -3.83. The Balaban J connectivity index is 1.54. The first kappa shape index (κ1) is 30.0. The summed E-state index contributed by atoms with van der Waals surface area (Å²) >= 11 is 0. The number of carbonyl (C=O) groups excluding carboxylic acids is 1. The number of hydrogen-bond donors (Lipinski definition) is 0. The SMILES string of the molecule is CCOC(=O)c1ccc(-c2ccc(CN(Cc3cccnc3)S(=O)(=O)c3ccc(OCC(C)(C)C)cc3)cc2)cc1. The van der Waals surface area contributed by atoms with Gasteiger partial charge in [-0.3, -0.25) is 4.98 Å². The monoisotopic (exact) mass is 572 g/mol. The Bertz CT molecular complexity index is 1530. The average molecular weight is 573 g/mol. The van der Waals surface area contributed by atoms with Crippen LogP contribution in [0.15, 0.2) is 102 Å². The highest BCUT2D eigenvalue weighted by molar-refractivity contribution is 7.89. The second-order valence-electron chi connectivity index (χ2n) is 10.9. The van der Waals surface area contributed by atoms with Gasteiger partial charge >= 0.3 is 5.97 Å². The van der Waals surface area contributed by atoms with Gasteiger partial charge in [-0.2, -0.15) is 4.31 Å². The van der Waals surface area contributed by atoms with E-state index in [0.29, 0.717) is 24.5 Å². The van der Waals surface area contributed by atoms with E-state index in [1.165, 1.54) is 4.31 Å². The average Bonchev–Trinajstić information content (AvgIpc) is 2.97. The van der Waals surface area contributed by atoms with E-state index in [0.717, 1.165) is 22.3 Å². The highest BCUT2D eigenvalue weighted by atomic mass is 32.2. The maximum absolute atomic E-state index is 13.8. The van der Waals surface area contributed by atoms with Crippen molar-refractivity contribution >= 4 is 16.0 Å². The number of nitrogens with zero attached hydrogens (tertiary/aromatic N) is 2. The number of esters is 1. The lowest BCUT2D eigenvalue weighted by atomic mass is 9.99. The van der Waals surface area contributed by atoms with Crippen LogP contribution in [0, 0.1) is 5.41 Å². The molecular weight excluding hydrogens is 536 g/mol. The molecule has 0 aliphatic rings. The van der Waals surface area contributed by atoms with E-state index in [4.69, 9.17) is 9.47 Å². The molecule has 0 spiro atoms. The molecule has 0 saturated carbocycles. The lowest BCUT2D eigenvalue weighted by Crippen LogP contribution is -2.30. The van der Waals surface area contributed by atoms with Crippen LogP contribution in [0.1, 0.15) is 49.2 Å². The third-order valence-corrected chi connectivity index (χ3v) is 8.06. The summed E-state index contributed by atoms with van der Waals surface area (Å²) < 4.78 is 40.0. The summed E-state index contributed by atoms with van der Waals surface area (Å²) in [5.74, 6) is 0.278. The number of aromatic nitrogens is 1. The summed E-state index contributed by atoms with van der Waals surface area (Å²) in [7, 11) is -3.83. The summed E-state index contributed by atoms with van der Waals surface area (Å²) in [5, 5.41) is 0. The zero-order valence-corrected chi connectivity index (χ0v) is 24.7. The molecule has 0 aliphatic heterocycles. The Hall–Kier alpha value is -4.01. The van der Waals surface area contributed by atoms with E-state index in [1.807, 2.05) is 42.5 Å². The van der Waals surface area contributed by atoms with Crippen molar-refractivity contribution < 1.29 is 22.7 Å². The number of pyridine rings is 1. The molecule has 0 fully saturated rings. The Morgan fingerprint density at radius 3 is 2.00 bits per heavy atom. The van der Waals surface area contributed by atoms with Crippen molar-refractivity contribution in [2.75, 3.05) is 13.2 Å². The molecule has 0 N–H and O–H groups in total. The molecule has 0 saturated heterocycles. The van der Waals surface area contributed by atoms with Crippen LogP contribution in [-0.2, 0) is 27.8 Å². The number of hydrogen-bond acceptors (Lipinski definition) is 6. The first-order chi connectivity index (χ1) is 19.5. The fourth-order valence-electron chi connectivity index (χ4n) is 4.10. The molecule has 1 aromatic heterocycles. The predicted octanol–water partition coefficient (Wildman–Crippen LogP) is 6.74. The van der Waals surface area contributed by atoms with Crippen molar-refractivity contribution in [1.29, 1.82) is 0 Å². The van der Waals surface area contributed by atoms with Gasteiger partial charge in [0.25, 0.3) is 0 Å². The molecule has 1 heterocycles. The molecule has 4 rings (SSSR count). The Labute approximate surface area is 242 Å². The molecule has 41 heavy (non-hydrogen) atoms. The zero-order valence-electron chi connectivity index (χ0n) is 23.9. The van der Waals surface area contributed by atoms with Gasteiger partial charge in [-0.05, 0) is 77.1 Å². The van der Waals surface area contributed by atoms with Crippen LogP contribution in [0.3, 0.4) is 0 Å². The van der Waals surface area contributed by atoms with Gasteiger partial charge in [0.2, 0.25) is 10.0 Å². The van der Waals surface area contributed by atoms with Gasteiger partial charge in [-0.1, -0.05) is 63.2 Å². The first-order valence-corrected chi connectivity index (χ1v) is 15.0. The number of sulfonamides is 1. The van der Waals surface area contributed by atoms with Crippen molar-refractivity contribution in [3.8, 4) is 16.9 Å². The number of rotatable bonds is 11. The third-order valence-electron chi connectivity index (χ3n) is 6.26. The molecule has 214 valence electrons. The molecule has 0 amide bonds. The van der Waals surface area contributed by atoms with E-state index < -0.39 is 10.0 Å². The van der Waals surface area contributed by atoms with Gasteiger partial charge in [0.05, 0.1) is 23.7 Å². The molecule has 0 unspecified atom stereocenters. The van der Waals surface area contributed by atoms with Crippen LogP contribution in [0.2, 0.25) is 0 Å². The summed E-state index contributed by atoms with van der Waals surface area (Å²) in [6.45, 7) is 9.22. The van der Waals surface area contributed by atoms with Crippen LogP contribution >= 0.6 is 0 Å². The van der Waals surface area contributed by atoms with Gasteiger partial charge in [0, 0.05) is 25.5 Å². The van der Waals surface area contributed by atoms with Crippen molar-refractivity contribution in [1.82, 2.24) is 9.29 Å². The highest BCUT2D eigenvalue weighted by Gasteiger charge is 2.25. The number of ether oxygens (including phenoxy) is 2. The van der Waals surface area contributed by atoms with Crippen LogP contribution in [0.25, 0.3) is 11.1 Å². The summed E-state index contributed by atoms with van der Waals surface area (Å²) in [6.07, 6.45) is 3.34. The summed E-state index contributed by atoms with van der Waals surface area (Å²) in [6, 6.07) is 25.2. The van der Waals surface area contributed by atoms with Gasteiger partial charge < -0.3 is 9.47 Å². The van der Waals surface area contributed by atoms with Gasteiger partial charge in [-0.15, -0.1) is 0 Å². The molecule has 0 radical (unpaired) electrons. The molecular formula is C33H36N2O5S. The van der Waals surface area contributed by atoms with Crippen molar-refractivity contribution in [3.05, 3.63) is 114 Å². The Morgan fingerprint density at radius 2 is 1.44 bits per heavy atom. The van der Waals surface area contributed by atoms with Crippen molar-refractivity contribution in [2.24, 2.45) is 5.41 Å². The molecule has 4 aromatic rings. The second kappa shape index (κ2) is 13.1. The van der Waals surface area contributed by atoms with E-state index in [-0.39, 0.29) is 29.4 Å². The van der Waals surface area contributed by atoms with E-state index in [9.17, 15) is 13.2 Å². The molecule has 3 aromatic carbocycles. The molecule has 8 heteroatoms. The maximum Gasteiger partial charge on any atom is 0.338 e. The standard InChI is InChI=1S/C33H36N2O5S/c1-5-39-32(36)29-14-12-28(13-15-29)27-10-8-25(9-11-27)22-35(23-26-7-6-20-34-21-26)41(37,38)31-18-16-30(17-19-31)40-24-33(2,3)4/h6-21H,5,22-24H2,1-4H3. The normalized spacial score (nSPS) is 11.8. The van der Waals surface area contributed by atoms with Gasteiger partial charge in [-0.25, -0.2) is 13.2 Å². The van der Waals surface area contributed by atoms with Crippen LogP contribution in [-0.4, -0.2) is 36.9 Å². The van der Waals surface area contributed by atoms with Crippen LogP contribution < -0.4 is 4.74 Å². The predicted molar refractivity (Wildman–Crippen MR) is 160 cm³/mol. The zero-order chi connectivity index (χ0) is 29.5. The minimum Gasteiger partial charge on any atom is -0.493 e. The third kappa shape index (κ3) is 8.25. The number of carbonyl (C=O) groups is 1. The Kier molecular flexibility index (Phi) is 9.57. The molecule has 0 aliphatic carbocycles. The van der Waals surface area contributed by atoms with Crippen molar-refractivity contribution in [3.63, 3.8) is 0 Å². The van der Waals surface area contributed by atoms with Gasteiger partial charge in [0.15, 0.2) is 0 Å². The lowest BCUT2D eigenvalue weighted by Gasteiger charge is -2.23. The fraction of sp³-hybridized carbons (Fsp3) is 0.273. The first-order valence-electron chi connectivity index (χ1n) is 13.5. The van der Waals surface area contributed by atoms with Crippen LogP contribution in [0.5, 0.6) is 5.75 Å². The minimum absolute atomic E-state index is 0.00704. The molecule has 0 atom stereocenters. The van der Waals surface area contributed by atoms with E-state index >= 15 is 0 Å². The molecule has 0 bridgehead atoms. The number of benzene rings is 3.